The van der Waals surface area contributed by atoms with Crippen molar-refractivity contribution < 1.29 is 28.1 Å². The lowest BCUT2D eigenvalue weighted by Crippen LogP contribution is -2.37. The van der Waals surface area contributed by atoms with Crippen molar-refractivity contribution in [3.63, 3.8) is 0 Å². The van der Waals surface area contributed by atoms with E-state index in [1.807, 2.05) is 12.1 Å². The van der Waals surface area contributed by atoms with E-state index < -0.39 is 0 Å². The average Bonchev–Trinajstić information content (AvgIpc) is 3.25. The summed E-state index contributed by atoms with van der Waals surface area (Å²) in [5, 5.41) is 0. The van der Waals surface area contributed by atoms with Crippen molar-refractivity contribution in [2.75, 3.05) is 34.5 Å². The van der Waals surface area contributed by atoms with E-state index in [1.54, 1.807) is 26.2 Å². The normalized spacial score (nSPS) is 15.8. The third kappa shape index (κ3) is 4.98. The molecule has 1 atom stereocenters. The molecule has 156 valence electrons. The van der Waals surface area contributed by atoms with Gasteiger partial charge in [-0.1, -0.05) is 0 Å². The lowest BCUT2D eigenvalue weighted by atomic mass is 10.1. The quantitative estimate of drug-likeness (QED) is 0.673. The van der Waals surface area contributed by atoms with Crippen LogP contribution in [0.2, 0.25) is 0 Å². The first-order chi connectivity index (χ1) is 14.0. The monoisotopic (exact) mass is 403 g/mol. The second-order valence-corrected chi connectivity index (χ2v) is 6.86. The Kier molecular flexibility index (Phi) is 6.93. The minimum atomic E-state index is -0.378. The number of hydrogen-bond donors (Lipinski definition) is 0. The van der Waals surface area contributed by atoms with Crippen molar-refractivity contribution in [1.29, 1.82) is 0 Å². The minimum Gasteiger partial charge on any atom is -0.493 e. The minimum absolute atomic E-state index is 0.0126. The van der Waals surface area contributed by atoms with Crippen molar-refractivity contribution in [3.8, 4) is 17.2 Å². The number of amides is 1. The molecule has 0 unspecified atom stereocenters. The molecule has 3 rings (SSSR count). The summed E-state index contributed by atoms with van der Waals surface area (Å²) in [6.07, 6.45) is 1.87. The average molecular weight is 403 g/mol. The topological polar surface area (TPSA) is 57.2 Å². The van der Waals surface area contributed by atoms with Crippen LogP contribution in [0.4, 0.5) is 4.39 Å². The van der Waals surface area contributed by atoms with E-state index in [0.717, 1.165) is 18.4 Å². The third-order valence-electron chi connectivity index (χ3n) is 4.92. The highest BCUT2D eigenvalue weighted by Gasteiger charge is 2.25. The smallest absolute Gasteiger partial charge is 0.254 e. The van der Waals surface area contributed by atoms with Gasteiger partial charge in [-0.15, -0.1) is 0 Å². The van der Waals surface area contributed by atoms with Gasteiger partial charge in [-0.25, -0.2) is 4.39 Å². The lowest BCUT2D eigenvalue weighted by Gasteiger charge is -2.26. The highest BCUT2D eigenvalue weighted by Crippen LogP contribution is 2.38. The molecule has 1 saturated heterocycles. The summed E-state index contributed by atoms with van der Waals surface area (Å²) in [7, 11) is 4.64. The highest BCUT2D eigenvalue weighted by molar-refractivity contribution is 5.94. The fourth-order valence-corrected chi connectivity index (χ4v) is 3.48. The molecule has 1 fully saturated rings. The summed E-state index contributed by atoms with van der Waals surface area (Å²) in [5.41, 5.74) is 1.25. The van der Waals surface area contributed by atoms with Gasteiger partial charge in [0.1, 0.15) is 5.82 Å². The molecule has 29 heavy (non-hydrogen) atoms. The largest absolute Gasteiger partial charge is 0.493 e. The van der Waals surface area contributed by atoms with E-state index in [-0.39, 0.29) is 17.8 Å². The number of halogens is 1. The zero-order valence-electron chi connectivity index (χ0n) is 16.9. The molecule has 7 heteroatoms. The molecule has 2 aromatic rings. The van der Waals surface area contributed by atoms with Crippen molar-refractivity contribution in [1.82, 2.24) is 4.90 Å². The number of hydrogen-bond acceptors (Lipinski definition) is 5. The fraction of sp³-hybridized carbons (Fsp3) is 0.409. The molecule has 0 bridgehead atoms. The zero-order chi connectivity index (χ0) is 20.8. The second-order valence-electron chi connectivity index (χ2n) is 6.86. The summed E-state index contributed by atoms with van der Waals surface area (Å²) in [5.74, 6) is 0.974. The fourth-order valence-electron chi connectivity index (χ4n) is 3.48. The first-order valence-corrected chi connectivity index (χ1v) is 9.51. The van der Waals surface area contributed by atoms with Crippen LogP contribution in [0.1, 0.15) is 28.8 Å². The standard InChI is InChI=1S/C22H26FNO5/c1-26-19-11-15(12-20(27-2)21(19)28-3)13-24(14-18-5-4-10-29-18)22(25)16-6-8-17(23)9-7-16/h6-9,11-12,18H,4-5,10,13-14H2,1-3H3/t18-/m0/s1. The number of ether oxygens (including phenoxy) is 4. The molecule has 1 aliphatic heterocycles. The van der Waals surface area contributed by atoms with E-state index in [9.17, 15) is 9.18 Å². The van der Waals surface area contributed by atoms with Crippen LogP contribution in [-0.2, 0) is 11.3 Å². The Morgan fingerprint density at radius 1 is 1.10 bits per heavy atom. The number of carbonyl (C=O) groups excluding carboxylic acids is 1. The van der Waals surface area contributed by atoms with Crippen molar-refractivity contribution in [2.24, 2.45) is 0 Å². The van der Waals surface area contributed by atoms with E-state index >= 15 is 0 Å². The molecule has 1 heterocycles. The van der Waals surface area contributed by atoms with Gasteiger partial charge in [-0.05, 0) is 54.8 Å². The summed E-state index contributed by atoms with van der Waals surface area (Å²) in [4.78, 5) is 14.9. The van der Waals surface area contributed by atoms with Crippen LogP contribution in [0.5, 0.6) is 17.2 Å². The van der Waals surface area contributed by atoms with Crippen LogP contribution < -0.4 is 14.2 Å². The van der Waals surface area contributed by atoms with Gasteiger partial charge in [-0.3, -0.25) is 4.79 Å². The van der Waals surface area contributed by atoms with Gasteiger partial charge in [0, 0.05) is 25.3 Å². The summed E-state index contributed by atoms with van der Waals surface area (Å²) >= 11 is 0. The summed E-state index contributed by atoms with van der Waals surface area (Å²) in [6, 6.07) is 9.21. The lowest BCUT2D eigenvalue weighted by molar-refractivity contribution is 0.0507. The summed E-state index contributed by atoms with van der Waals surface area (Å²) < 4.78 is 35.2. The molecule has 0 spiro atoms. The molecule has 1 amide bonds. The Labute approximate surface area is 170 Å². The maximum Gasteiger partial charge on any atom is 0.254 e. The Morgan fingerprint density at radius 3 is 2.28 bits per heavy atom. The maximum absolute atomic E-state index is 13.3. The van der Waals surface area contributed by atoms with Gasteiger partial charge in [-0.2, -0.15) is 0 Å². The zero-order valence-corrected chi connectivity index (χ0v) is 16.9. The molecular weight excluding hydrogens is 377 g/mol. The molecule has 0 radical (unpaired) electrons. The van der Waals surface area contributed by atoms with Gasteiger partial charge < -0.3 is 23.8 Å². The number of rotatable bonds is 8. The second kappa shape index (κ2) is 9.60. The first-order valence-electron chi connectivity index (χ1n) is 9.51. The molecule has 0 aliphatic carbocycles. The predicted molar refractivity (Wildman–Crippen MR) is 106 cm³/mol. The Bertz CT molecular complexity index is 809. The Balaban J connectivity index is 1.89. The molecule has 6 nitrogen and oxygen atoms in total. The van der Waals surface area contributed by atoms with Gasteiger partial charge in [0.25, 0.3) is 5.91 Å². The number of nitrogens with zero attached hydrogens (tertiary/aromatic N) is 1. The molecular formula is C22H26FNO5. The van der Waals surface area contributed by atoms with Crippen LogP contribution in [0, 0.1) is 5.82 Å². The van der Waals surface area contributed by atoms with Crippen LogP contribution >= 0.6 is 0 Å². The van der Waals surface area contributed by atoms with Gasteiger partial charge in [0.05, 0.1) is 27.4 Å². The van der Waals surface area contributed by atoms with E-state index in [2.05, 4.69) is 0 Å². The van der Waals surface area contributed by atoms with Crippen LogP contribution in [0.25, 0.3) is 0 Å². The van der Waals surface area contributed by atoms with Crippen molar-refractivity contribution in [2.45, 2.75) is 25.5 Å². The summed E-state index contributed by atoms with van der Waals surface area (Å²) in [6.45, 7) is 1.48. The number of methoxy groups -OCH3 is 3. The van der Waals surface area contributed by atoms with E-state index in [0.29, 0.717) is 42.5 Å². The molecule has 0 aromatic heterocycles. The number of carbonyl (C=O) groups is 1. The van der Waals surface area contributed by atoms with Crippen molar-refractivity contribution >= 4 is 5.91 Å². The Hall–Kier alpha value is -2.80. The SMILES string of the molecule is COc1cc(CN(C[C@@H]2CCCO2)C(=O)c2ccc(F)cc2)cc(OC)c1OC. The third-order valence-corrected chi connectivity index (χ3v) is 4.92. The number of benzene rings is 2. The van der Waals surface area contributed by atoms with Gasteiger partial charge >= 0.3 is 0 Å². The molecule has 0 N–H and O–H groups in total. The van der Waals surface area contributed by atoms with Crippen LogP contribution in [0.15, 0.2) is 36.4 Å². The maximum atomic E-state index is 13.3. The van der Waals surface area contributed by atoms with Gasteiger partial charge in [0.2, 0.25) is 5.75 Å². The van der Waals surface area contributed by atoms with E-state index in [4.69, 9.17) is 18.9 Å². The molecule has 2 aromatic carbocycles. The Morgan fingerprint density at radius 2 is 1.76 bits per heavy atom. The highest BCUT2D eigenvalue weighted by atomic mass is 19.1. The van der Waals surface area contributed by atoms with Crippen LogP contribution in [-0.4, -0.2) is 51.4 Å². The molecule has 1 aliphatic rings. The van der Waals surface area contributed by atoms with Crippen LogP contribution in [0.3, 0.4) is 0 Å². The first kappa shape index (κ1) is 20.9. The molecule has 0 saturated carbocycles. The van der Waals surface area contributed by atoms with Gasteiger partial charge in [0.15, 0.2) is 11.5 Å². The van der Waals surface area contributed by atoms with Crippen molar-refractivity contribution in [3.05, 3.63) is 53.3 Å². The van der Waals surface area contributed by atoms with E-state index in [1.165, 1.54) is 24.3 Å². The predicted octanol–water partition coefficient (Wildman–Crippen LogP) is 3.67.